The summed E-state index contributed by atoms with van der Waals surface area (Å²) in [5.74, 6) is 1.81. The second-order valence-corrected chi connectivity index (χ2v) is 8.88. The second kappa shape index (κ2) is 8.20. The molecule has 23 heavy (non-hydrogen) atoms. The van der Waals surface area contributed by atoms with Gasteiger partial charge in [-0.1, -0.05) is 88.4 Å². The van der Waals surface area contributed by atoms with Crippen LogP contribution in [0.2, 0.25) is 5.02 Å². The summed E-state index contributed by atoms with van der Waals surface area (Å²) in [6, 6.07) is 16.5. The van der Waals surface area contributed by atoms with Crippen molar-refractivity contribution < 1.29 is 0 Å². The first-order chi connectivity index (χ1) is 11.2. The second-order valence-electron chi connectivity index (χ2n) is 5.02. The summed E-state index contributed by atoms with van der Waals surface area (Å²) in [5.41, 5.74) is 3.84. The van der Waals surface area contributed by atoms with Crippen molar-refractivity contribution >= 4 is 46.5 Å². The van der Waals surface area contributed by atoms with Crippen LogP contribution in [0.4, 0.5) is 0 Å². The first kappa shape index (κ1) is 16.8. The van der Waals surface area contributed by atoms with E-state index in [9.17, 15) is 0 Å². The van der Waals surface area contributed by atoms with Gasteiger partial charge in [-0.05, 0) is 30.2 Å². The Hall–Kier alpha value is -1.01. The van der Waals surface area contributed by atoms with Gasteiger partial charge in [0, 0.05) is 16.5 Å². The topological polar surface area (TPSA) is 25.8 Å². The Bertz CT molecular complexity index is 690. The number of nitrogens with zero attached hydrogens (tertiary/aromatic N) is 2. The maximum atomic E-state index is 5.90. The van der Waals surface area contributed by atoms with Gasteiger partial charge >= 0.3 is 0 Å². The van der Waals surface area contributed by atoms with Crippen molar-refractivity contribution in [2.45, 2.75) is 27.1 Å². The minimum atomic E-state index is 0.768. The molecule has 0 radical (unpaired) electrons. The molecule has 0 atom stereocenters. The van der Waals surface area contributed by atoms with Crippen molar-refractivity contribution in [3.8, 4) is 0 Å². The summed E-state index contributed by atoms with van der Waals surface area (Å²) >= 11 is 11.0. The number of halogens is 1. The van der Waals surface area contributed by atoms with Crippen LogP contribution in [0, 0.1) is 6.92 Å². The van der Waals surface area contributed by atoms with Crippen LogP contribution in [-0.4, -0.2) is 10.2 Å². The summed E-state index contributed by atoms with van der Waals surface area (Å²) in [4.78, 5) is 0. The lowest BCUT2D eigenvalue weighted by Crippen LogP contribution is -1.80. The van der Waals surface area contributed by atoms with Gasteiger partial charge in [-0.25, -0.2) is 0 Å². The SMILES string of the molecule is Cc1ccc(CSc2nnc(SCc3ccc(Cl)cc3)s2)cc1. The van der Waals surface area contributed by atoms with Crippen molar-refractivity contribution in [2.24, 2.45) is 0 Å². The molecule has 118 valence electrons. The molecule has 6 heteroatoms. The summed E-state index contributed by atoms with van der Waals surface area (Å²) in [7, 11) is 0. The average molecular weight is 379 g/mol. The van der Waals surface area contributed by atoms with E-state index in [1.807, 2.05) is 24.3 Å². The molecule has 0 saturated heterocycles. The highest BCUT2D eigenvalue weighted by atomic mass is 35.5. The van der Waals surface area contributed by atoms with Gasteiger partial charge < -0.3 is 0 Å². The van der Waals surface area contributed by atoms with Gasteiger partial charge in [0.2, 0.25) is 0 Å². The predicted molar refractivity (Wildman–Crippen MR) is 102 cm³/mol. The van der Waals surface area contributed by atoms with E-state index in [0.717, 1.165) is 25.2 Å². The first-order valence-corrected chi connectivity index (χ1v) is 10.2. The zero-order valence-electron chi connectivity index (χ0n) is 12.5. The third-order valence-corrected chi connectivity index (χ3v) is 6.73. The largest absolute Gasteiger partial charge is 0.175 e. The van der Waals surface area contributed by atoms with Crippen LogP contribution in [0.5, 0.6) is 0 Å². The third kappa shape index (κ3) is 5.24. The van der Waals surface area contributed by atoms with Crippen LogP contribution < -0.4 is 0 Å². The maximum Gasteiger partial charge on any atom is 0.175 e. The lowest BCUT2D eigenvalue weighted by Gasteiger charge is -1.99. The number of rotatable bonds is 6. The molecule has 3 rings (SSSR count). The molecule has 0 unspecified atom stereocenters. The number of thioether (sulfide) groups is 2. The molecule has 1 heterocycles. The Morgan fingerprint density at radius 2 is 1.30 bits per heavy atom. The molecule has 0 bridgehead atoms. The molecule has 0 fully saturated rings. The minimum absolute atomic E-state index is 0.768. The molecule has 2 aromatic carbocycles. The molecule has 0 aliphatic rings. The highest BCUT2D eigenvalue weighted by Gasteiger charge is 2.06. The lowest BCUT2D eigenvalue weighted by atomic mass is 10.2. The molecule has 0 aliphatic heterocycles. The van der Waals surface area contributed by atoms with Crippen LogP contribution in [-0.2, 0) is 11.5 Å². The van der Waals surface area contributed by atoms with Crippen molar-refractivity contribution in [1.29, 1.82) is 0 Å². The highest BCUT2D eigenvalue weighted by molar-refractivity contribution is 8.02. The van der Waals surface area contributed by atoms with Crippen LogP contribution >= 0.6 is 46.5 Å². The smallest absolute Gasteiger partial charge is 0.131 e. The molecule has 1 aromatic heterocycles. The number of benzene rings is 2. The van der Waals surface area contributed by atoms with Gasteiger partial charge in [-0.3, -0.25) is 0 Å². The quantitative estimate of drug-likeness (QED) is 0.485. The molecule has 0 N–H and O–H groups in total. The molecule has 0 saturated carbocycles. The van der Waals surface area contributed by atoms with Gasteiger partial charge in [0.05, 0.1) is 0 Å². The van der Waals surface area contributed by atoms with E-state index in [2.05, 4.69) is 41.4 Å². The molecule has 0 aliphatic carbocycles. The molecular weight excluding hydrogens is 364 g/mol. The molecule has 3 aromatic rings. The van der Waals surface area contributed by atoms with Crippen LogP contribution in [0.3, 0.4) is 0 Å². The maximum absolute atomic E-state index is 5.90. The van der Waals surface area contributed by atoms with Crippen LogP contribution in [0.1, 0.15) is 16.7 Å². The standard InChI is InChI=1S/C17H15ClN2S3/c1-12-2-4-13(5-3-12)10-21-16-19-20-17(23-16)22-11-14-6-8-15(18)9-7-14/h2-9H,10-11H2,1H3. The zero-order chi connectivity index (χ0) is 16.1. The van der Waals surface area contributed by atoms with E-state index < -0.39 is 0 Å². The van der Waals surface area contributed by atoms with E-state index in [1.54, 1.807) is 34.9 Å². The van der Waals surface area contributed by atoms with Crippen molar-refractivity contribution in [2.75, 3.05) is 0 Å². The summed E-state index contributed by atoms with van der Waals surface area (Å²) < 4.78 is 2.02. The van der Waals surface area contributed by atoms with Crippen molar-refractivity contribution in [3.05, 3.63) is 70.2 Å². The Balaban J connectivity index is 1.51. The van der Waals surface area contributed by atoms with E-state index in [4.69, 9.17) is 11.6 Å². The zero-order valence-corrected chi connectivity index (χ0v) is 15.7. The first-order valence-electron chi connectivity index (χ1n) is 7.08. The van der Waals surface area contributed by atoms with E-state index >= 15 is 0 Å². The number of aryl methyl sites for hydroxylation is 1. The Morgan fingerprint density at radius 3 is 1.83 bits per heavy atom. The van der Waals surface area contributed by atoms with E-state index in [-0.39, 0.29) is 0 Å². The molecule has 2 nitrogen and oxygen atoms in total. The Morgan fingerprint density at radius 1 is 0.826 bits per heavy atom. The molecule has 0 amide bonds. The monoisotopic (exact) mass is 378 g/mol. The highest BCUT2D eigenvalue weighted by Crippen LogP contribution is 2.32. The third-order valence-electron chi connectivity index (χ3n) is 3.15. The minimum Gasteiger partial charge on any atom is -0.131 e. The Labute approximate surface area is 153 Å². The number of aromatic nitrogens is 2. The van der Waals surface area contributed by atoms with Crippen molar-refractivity contribution in [3.63, 3.8) is 0 Å². The van der Waals surface area contributed by atoms with Crippen molar-refractivity contribution in [1.82, 2.24) is 10.2 Å². The number of hydrogen-bond donors (Lipinski definition) is 0. The average Bonchev–Trinajstić information content (AvgIpc) is 3.02. The van der Waals surface area contributed by atoms with Crippen LogP contribution in [0.25, 0.3) is 0 Å². The van der Waals surface area contributed by atoms with Crippen LogP contribution in [0.15, 0.2) is 57.2 Å². The summed E-state index contributed by atoms with van der Waals surface area (Å²) in [6.45, 7) is 2.10. The van der Waals surface area contributed by atoms with Gasteiger partial charge in [-0.2, -0.15) is 0 Å². The van der Waals surface area contributed by atoms with E-state index in [1.165, 1.54) is 16.7 Å². The summed E-state index contributed by atoms with van der Waals surface area (Å²) in [5, 5.41) is 9.29. The lowest BCUT2D eigenvalue weighted by molar-refractivity contribution is 0.954. The fraction of sp³-hybridized carbons (Fsp3) is 0.176. The summed E-state index contributed by atoms with van der Waals surface area (Å²) in [6.07, 6.45) is 0. The fourth-order valence-electron chi connectivity index (χ4n) is 1.87. The normalized spacial score (nSPS) is 10.9. The van der Waals surface area contributed by atoms with Gasteiger partial charge in [-0.15, -0.1) is 10.2 Å². The van der Waals surface area contributed by atoms with Gasteiger partial charge in [0.15, 0.2) is 8.68 Å². The number of hydrogen-bond acceptors (Lipinski definition) is 5. The van der Waals surface area contributed by atoms with E-state index in [0.29, 0.717) is 0 Å². The van der Waals surface area contributed by atoms with Gasteiger partial charge in [0.1, 0.15) is 0 Å². The van der Waals surface area contributed by atoms with Gasteiger partial charge in [0.25, 0.3) is 0 Å². The Kier molecular flexibility index (Phi) is 6.00. The predicted octanol–water partition coefficient (Wildman–Crippen LogP) is 6.08. The fourth-order valence-corrected chi connectivity index (χ4v) is 4.93. The molecule has 0 spiro atoms. The molecular formula is C17H15ClN2S3.